The maximum Gasteiger partial charge on any atom is 0.262 e. The van der Waals surface area contributed by atoms with Gasteiger partial charge in [0, 0.05) is 6.42 Å². The Kier molecular flexibility index (Phi) is 5.08. The first kappa shape index (κ1) is 18.5. The van der Waals surface area contributed by atoms with Crippen molar-refractivity contribution in [1.82, 2.24) is 4.90 Å². The lowest BCUT2D eigenvalue weighted by Crippen LogP contribution is -2.40. The number of ether oxygens (including phenoxy) is 1. The normalized spacial score (nSPS) is 13.7. The SMILES string of the molecule is N#C[C@H](Cc1ccc(OCc2ccccc2)cc1)N1C(=O)c2ccccc2C1=O. The van der Waals surface area contributed by atoms with Crippen LogP contribution in [0.15, 0.2) is 78.9 Å². The van der Waals surface area contributed by atoms with Crippen LogP contribution in [0.1, 0.15) is 31.8 Å². The molecule has 0 spiro atoms. The highest BCUT2D eigenvalue weighted by Gasteiger charge is 2.39. The Morgan fingerprint density at radius 1 is 0.793 bits per heavy atom. The zero-order valence-corrected chi connectivity index (χ0v) is 15.6. The Labute approximate surface area is 168 Å². The maximum absolute atomic E-state index is 12.6. The van der Waals surface area contributed by atoms with Crippen LogP contribution in [0.25, 0.3) is 0 Å². The van der Waals surface area contributed by atoms with Gasteiger partial charge in [0.1, 0.15) is 18.4 Å². The van der Waals surface area contributed by atoms with Gasteiger partial charge in [-0.3, -0.25) is 14.5 Å². The lowest BCUT2D eigenvalue weighted by Gasteiger charge is -2.20. The van der Waals surface area contributed by atoms with Gasteiger partial charge >= 0.3 is 0 Å². The highest BCUT2D eigenvalue weighted by atomic mass is 16.5. The zero-order chi connectivity index (χ0) is 20.2. The minimum absolute atomic E-state index is 0.265. The molecule has 0 aromatic heterocycles. The summed E-state index contributed by atoms with van der Waals surface area (Å²) < 4.78 is 5.77. The molecule has 0 aliphatic carbocycles. The van der Waals surface area contributed by atoms with E-state index in [0.29, 0.717) is 23.5 Å². The largest absolute Gasteiger partial charge is 0.489 e. The van der Waals surface area contributed by atoms with E-state index in [1.807, 2.05) is 54.6 Å². The summed E-state index contributed by atoms with van der Waals surface area (Å²) in [4.78, 5) is 26.3. The van der Waals surface area contributed by atoms with Crippen molar-refractivity contribution in [2.75, 3.05) is 0 Å². The predicted molar refractivity (Wildman–Crippen MR) is 107 cm³/mol. The zero-order valence-electron chi connectivity index (χ0n) is 15.6. The Morgan fingerprint density at radius 2 is 1.38 bits per heavy atom. The summed E-state index contributed by atoms with van der Waals surface area (Å²) in [5.41, 5.74) is 2.62. The molecular formula is C24H18N2O3. The summed E-state index contributed by atoms with van der Waals surface area (Å²) in [6, 6.07) is 25.1. The standard InChI is InChI=1S/C24H18N2O3/c25-15-19(26-23(27)21-8-4-5-9-22(21)24(26)28)14-17-10-12-20(13-11-17)29-16-18-6-2-1-3-7-18/h1-13,19H,14,16H2/t19-/m0/s1. The van der Waals surface area contributed by atoms with E-state index in [-0.39, 0.29) is 6.42 Å². The molecule has 2 amide bonds. The van der Waals surface area contributed by atoms with Crippen LogP contribution >= 0.6 is 0 Å². The summed E-state index contributed by atoms with van der Waals surface area (Å²) in [7, 11) is 0. The molecule has 0 unspecified atom stereocenters. The van der Waals surface area contributed by atoms with Gasteiger partial charge in [-0.2, -0.15) is 5.26 Å². The van der Waals surface area contributed by atoms with E-state index in [1.54, 1.807) is 24.3 Å². The van der Waals surface area contributed by atoms with Crippen LogP contribution in [0, 0.1) is 11.3 Å². The number of nitrogens with zero attached hydrogens (tertiary/aromatic N) is 2. The number of hydrogen-bond donors (Lipinski definition) is 0. The third-order valence-corrected chi connectivity index (χ3v) is 4.89. The van der Waals surface area contributed by atoms with Crippen molar-refractivity contribution in [1.29, 1.82) is 5.26 Å². The number of hydrogen-bond acceptors (Lipinski definition) is 4. The first-order chi connectivity index (χ1) is 14.2. The van der Waals surface area contributed by atoms with Crippen molar-refractivity contribution in [3.8, 4) is 11.8 Å². The molecular weight excluding hydrogens is 364 g/mol. The lowest BCUT2D eigenvalue weighted by atomic mass is 10.1. The average molecular weight is 382 g/mol. The minimum Gasteiger partial charge on any atom is -0.489 e. The van der Waals surface area contributed by atoms with E-state index in [2.05, 4.69) is 6.07 Å². The minimum atomic E-state index is -0.863. The van der Waals surface area contributed by atoms with Gasteiger partial charge in [-0.15, -0.1) is 0 Å². The first-order valence-electron chi connectivity index (χ1n) is 9.29. The predicted octanol–water partition coefficient (Wildman–Crippen LogP) is 4.00. The van der Waals surface area contributed by atoms with Crippen LogP contribution in [0.5, 0.6) is 5.75 Å². The van der Waals surface area contributed by atoms with E-state index in [0.717, 1.165) is 16.0 Å². The summed E-state index contributed by atoms with van der Waals surface area (Å²) in [5.74, 6) is -0.119. The molecule has 142 valence electrons. The number of imide groups is 1. The van der Waals surface area contributed by atoms with Gasteiger partial charge in [-0.05, 0) is 35.4 Å². The lowest BCUT2D eigenvalue weighted by molar-refractivity contribution is 0.0619. The van der Waals surface area contributed by atoms with E-state index in [4.69, 9.17) is 4.74 Å². The molecule has 0 saturated carbocycles. The Morgan fingerprint density at radius 3 is 1.97 bits per heavy atom. The number of nitriles is 1. The van der Waals surface area contributed by atoms with Gasteiger partial charge in [0.25, 0.3) is 11.8 Å². The van der Waals surface area contributed by atoms with E-state index in [9.17, 15) is 14.9 Å². The summed E-state index contributed by atoms with van der Waals surface area (Å²) >= 11 is 0. The molecule has 29 heavy (non-hydrogen) atoms. The topological polar surface area (TPSA) is 70.4 Å². The van der Waals surface area contributed by atoms with Gasteiger partial charge in [-0.25, -0.2) is 0 Å². The van der Waals surface area contributed by atoms with Crippen LogP contribution in [0.4, 0.5) is 0 Å². The van der Waals surface area contributed by atoms with Crippen molar-refractivity contribution in [3.05, 3.63) is 101 Å². The van der Waals surface area contributed by atoms with Crippen LogP contribution < -0.4 is 4.74 Å². The highest BCUT2D eigenvalue weighted by molar-refractivity contribution is 6.21. The molecule has 0 N–H and O–H groups in total. The van der Waals surface area contributed by atoms with Crippen LogP contribution in [0.3, 0.4) is 0 Å². The van der Waals surface area contributed by atoms with Gasteiger partial charge < -0.3 is 4.74 Å². The van der Waals surface area contributed by atoms with E-state index in [1.165, 1.54) is 0 Å². The number of carbonyl (C=O) groups excluding carboxylic acids is 2. The molecule has 3 aromatic carbocycles. The second-order valence-electron chi connectivity index (χ2n) is 6.79. The molecule has 0 bridgehead atoms. The molecule has 4 rings (SSSR count). The fraction of sp³-hybridized carbons (Fsp3) is 0.125. The average Bonchev–Trinajstić information content (AvgIpc) is 3.03. The van der Waals surface area contributed by atoms with Crippen molar-refractivity contribution in [2.24, 2.45) is 0 Å². The molecule has 1 aliphatic heterocycles. The Bertz CT molecular complexity index is 1050. The third-order valence-electron chi connectivity index (χ3n) is 4.89. The van der Waals surface area contributed by atoms with Gasteiger partial charge in [0.15, 0.2) is 0 Å². The molecule has 5 heteroatoms. The fourth-order valence-electron chi connectivity index (χ4n) is 3.37. The fourth-order valence-corrected chi connectivity index (χ4v) is 3.37. The summed E-state index contributed by atoms with van der Waals surface area (Å²) in [5, 5.41) is 9.61. The number of carbonyl (C=O) groups is 2. The van der Waals surface area contributed by atoms with E-state index < -0.39 is 17.9 Å². The Balaban J connectivity index is 1.44. The molecule has 0 fully saturated rings. The van der Waals surface area contributed by atoms with Gasteiger partial charge in [0.05, 0.1) is 17.2 Å². The molecule has 0 saturated heterocycles. The second kappa shape index (κ2) is 7.99. The van der Waals surface area contributed by atoms with E-state index >= 15 is 0 Å². The van der Waals surface area contributed by atoms with Gasteiger partial charge in [0.2, 0.25) is 0 Å². The molecule has 5 nitrogen and oxygen atoms in total. The molecule has 1 heterocycles. The number of benzene rings is 3. The summed E-state index contributed by atoms with van der Waals surface area (Å²) in [6.07, 6.45) is 0.265. The van der Waals surface area contributed by atoms with Crippen LogP contribution in [-0.2, 0) is 13.0 Å². The molecule has 0 radical (unpaired) electrons. The Hall–Kier alpha value is -3.91. The van der Waals surface area contributed by atoms with Crippen molar-refractivity contribution in [2.45, 2.75) is 19.1 Å². The molecule has 1 aliphatic rings. The number of fused-ring (bicyclic) bond motifs is 1. The van der Waals surface area contributed by atoms with Crippen LogP contribution in [0.2, 0.25) is 0 Å². The molecule has 1 atom stereocenters. The number of rotatable bonds is 6. The monoisotopic (exact) mass is 382 g/mol. The smallest absolute Gasteiger partial charge is 0.262 e. The van der Waals surface area contributed by atoms with Crippen molar-refractivity contribution < 1.29 is 14.3 Å². The van der Waals surface area contributed by atoms with Gasteiger partial charge in [-0.1, -0.05) is 54.6 Å². The highest BCUT2D eigenvalue weighted by Crippen LogP contribution is 2.26. The second-order valence-corrected chi connectivity index (χ2v) is 6.79. The first-order valence-corrected chi connectivity index (χ1v) is 9.29. The quantitative estimate of drug-likeness (QED) is 0.604. The number of amides is 2. The maximum atomic E-state index is 12.6. The van der Waals surface area contributed by atoms with Crippen LogP contribution in [-0.4, -0.2) is 22.8 Å². The third kappa shape index (κ3) is 3.74. The van der Waals surface area contributed by atoms with Crippen molar-refractivity contribution >= 4 is 11.8 Å². The molecule has 3 aromatic rings. The van der Waals surface area contributed by atoms with Crippen molar-refractivity contribution in [3.63, 3.8) is 0 Å². The summed E-state index contributed by atoms with van der Waals surface area (Å²) in [6.45, 7) is 0.468.